The number of benzene rings is 1. The zero-order valence-corrected chi connectivity index (χ0v) is 16.8. The van der Waals surface area contributed by atoms with E-state index in [-0.39, 0.29) is 5.91 Å². The molecule has 2 saturated heterocycles. The fraction of sp³-hybridized carbons (Fsp3) is 0.545. The van der Waals surface area contributed by atoms with Gasteiger partial charge in [0.2, 0.25) is 5.91 Å². The van der Waals surface area contributed by atoms with Crippen LogP contribution in [0, 0.1) is 0 Å². The molecular weight excluding hydrogens is 368 g/mol. The maximum atomic E-state index is 12.6. The fourth-order valence-corrected chi connectivity index (χ4v) is 4.60. The van der Waals surface area contributed by atoms with Gasteiger partial charge in [-0.2, -0.15) is 0 Å². The van der Waals surface area contributed by atoms with Crippen LogP contribution in [-0.4, -0.2) is 82.5 Å². The molecule has 1 amide bonds. The van der Waals surface area contributed by atoms with Gasteiger partial charge in [0.05, 0.1) is 6.54 Å². The lowest BCUT2D eigenvalue weighted by atomic mass is 10.0. The Balaban J connectivity index is 1.38. The van der Waals surface area contributed by atoms with E-state index in [0.717, 1.165) is 42.4 Å². The van der Waals surface area contributed by atoms with Gasteiger partial charge in [0.1, 0.15) is 6.04 Å². The third-order valence-electron chi connectivity index (χ3n) is 6.24. The third kappa shape index (κ3) is 4.46. The van der Waals surface area contributed by atoms with Gasteiger partial charge in [-0.15, -0.1) is 0 Å². The predicted molar refractivity (Wildman–Crippen MR) is 112 cm³/mol. The quantitative estimate of drug-likeness (QED) is 0.808. The Kier molecular flexibility index (Phi) is 6.16. The van der Waals surface area contributed by atoms with Gasteiger partial charge in [0.15, 0.2) is 0 Å². The summed E-state index contributed by atoms with van der Waals surface area (Å²) in [5, 5.41) is 10.9. The first-order valence-electron chi connectivity index (χ1n) is 10.7. The highest BCUT2D eigenvalue weighted by Gasteiger charge is 2.32. The third-order valence-corrected chi connectivity index (χ3v) is 6.24. The Morgan fingerprint density at radius 2 is 1.66 bits per heavy atom. The topological polar surface area (TPSA) is 79.9 Å². The first kappa shape index (κ1) is 19.9. The van der Waals surface area contributed by atoms with Gasteiger partial charge in [0.25, 0.3) is 0 Å². The highest BCUT2D eigenvalue weighted by molar-refractivity contribution is 5.89. The molecule has 2 aliphatic rings. The Bertz CT molecular complexity index is 849. The van der Waals surface area contributed by atoms with Gasteiger partial charge in [-0.3, -0.25) is 19.4 Å². The molecule has 1 atom stereocenters. The first-order valence-corrected chi connectivity index (χ1v) is 10.7. The number of hydrogen-bond donors (Lipinski definition) is 2. The smallest absolute Gasteiger partial charge is 0.325 e. The second kappa shape index (κ2) is 8.97. The molecule has 0 saturated carbocycles. The fourth-order valence-electron chi connectivity index (χ4n) is 4.60. The van der Waals surface area contributed by atoms with Crippen molar-refractivity contribution in [3.05, 3.63) is 36.0 Å². The van der Waals surface area contributed by atoms with Crippen molar-refractivity contribution in [3.8, 4) is 0 Å². The number of aromatic amines is 1. The number of amides is 1. The largest absolute Gasteiger partial charge is 0.480 e. The molecule has 0 spiro atoms. The van der Waals surface area contributed by atoms with Gasteiger partial charge in [-0.25, -0.2) is 0 Å². The molecule has 2 N–H and O–H groups in total. The van der Waals surface area contributed by atoms with Gasteiger partial charge >= 0.3 is 5.97 Å². The molecule has 29 heavy (non-hydrogen) atoms. The summed E-state index contributed by atoms with van der Waals surface area (Å²) in [5.74, 6) is -0.615. The Morgan fingerprint density at radius 1 is 0.966 bits per heavy atom. The summed E-state index contributed by atoms with van der Waals surface area (Å²) in [6.45, 7) is 4.91. The molecule has 7 heteroatoms. The summed E-state index contributed by atoms with van der Waals surface area (Å²) < 4.78 is 0. The van der Waals surface area contributed by atoms with Crippen molar-refractivity contribution in [1.29, 1.82) is 0 Å². The van der Waals surface area contributed by atoms with E-state index in [4.69, 9.17) is 0 Å². The molecule has 3 heterocycles. The van der Waals surface area contributed by atoms with Crippen LogP contribution in [0.3, 0.4) is 0 Å². The Hall–Kier alpha value is -2.38. The van der Waals surface area contributed by atoms with E-state index >= 15 is 0 Å². The van der Waals surface area contributed by atoms with Crippen molar-refractivity contribution in [1.82, 2.24) is 19.7 Å². The van der Waals surface area contributed by atoms with Crippen LogP contribution in [0.5, 0.6) is 0 Å². The summed E-state index contributed by atoms with van der Waals surface area (Å²) in [7, 11) is 0. The molecule has 2 fully saturated rings. The Labute approximate surface area is 171 Å². The molecule has 0 bridgehead atoms. The lowest BCUT2D eigenvalue weighted by Crippen LogP contribution is -2.52. The summed E-state index contributed by atoms with van der Waals surface area (Å²) in [6, 6.07) is 7.13. The molecule has 2 aliphatic heterocycles. The number of nitrogens with one attached hydrogen (secondary N) is 1. The van der Waals surface area contributed by atoms with Crippen LogP contribution < -0.4 is 0 Å². The van der Waals surface area contributed by atoms with Crippen molar-refractivity contribution in [3.63, 3.8) is 0 Å². The number of H-pyrrole nitrogens is 1. The number of carbonyl (C=O) groups excluding carboxylic acids is 1. The molecule has 1 aromatic carbocycles. The number of para-hydroxylation sites is 1. The van der Waals surface area contributed by atoms with Crippen molar-refractivity contribution in [2.75, 3.05) is 45.8 Å². The summed E-state index contributed by atoms with van der Waals surface area (Å²) in [6.07, 6.45) is 6.45. The number of carboxylic acid groups (broad SMARTS) is 1. The molecule has 0 aliphatic carbocycles. The molecule has 0 radical (unpaired) electrons. The first-order chi connectivity index (χ1) is 14.1. The van der Waals surface area contributed by atoms with Crippen LogP contribution in [-0.2, 0) is 9.59 Å². The van der Waals surface area contributed by atoms with Crippen LogP contribution in [0.1, 0.15) is 37.3 Å². The predicted octanol–water partition coefficient (Wildman–Crippen LogP) is 2.31. The van der Waals surface area contributed by atoms with E-state index in [0.29, 0.717) is 32.7 Å². The molecule has 156 valence electrons. The van der Waals surface area contributed by atoms with E-state index in [1.807, 2.05) is 40.3 Å². The zero-order valence-electron chi connectivity index (χ0n) is 16.8. The van der Waals surface area contributed by atoms with E-state index in [1.165, 1.54) is 12.8 Å². The normalized spacial score (nSPS) is 20.5. The number of likely N-dealkylation sites (tertiary alicyclic amines) is 1. The lowest BCUT2D eigenvalue weighted by Gasteiger charge is -2.38. The minimum Gasteiger partial charge on any atom is -0.480 e. The minimum absolute atomic E-state index is 0.215. The van der Waals surface area contributed by atoms with Crippen molar-refractivity contribution >= 4 is 22.8 Å². The Morgan fingerprint density at radius 3 is 2.34 bits per heavy atom. The number of fused-ring (bicyclic) bond motifs is 1. The molecular formula is C22H30N4O3. The number of piperazine rings is 1. The zero-order chi connectivity index (χ0) is 20.2. The molecule has 7 nitrogen and oxygen atoms in total. The molecule has 2 aromatic rings. The molecule has 0 unspecified atom stereocenters. The van der Waals surface area contributed by atoms with Gasteiger partial charge in [-0.1, -0.05) is 31.0 Å². The molecule has 1 aromatic heterocycles. The standard InChI is InChI=1S/C22H30N4O3/c27-20(25-9-5-1-2-6-10-25)16-24-11-13-26(14-12-24)21(22(28)29)18-15-23-19-8-4-3-7-17(18)19/h3-4,7-8,15,21,23H,1-2,5-6,9-14,16H2,(H,28,29)/t21-/m0/s1. The van der Waals surface area contributed by atoms with Crippen LogP contribution in [0.15, 0.2) is 30.5 Å². The van der Waals surface area contributed by atoms with E-state index in [2.05, 4.69) is 9.88 Å². The minimum atomic E-state index is -0.830. The van der Waals surface area contributed by atoms with Crippen molar-refractivity contribution < 1.29 is 14.7 Å². The van der Waals surface area contributed by atoms with Crippen LogP contribution in [0.25, 0.3) is 10.9 Å². The van der Waals surface area contributed by atoms with Gasteiger partial charge in [0, 0.05) is 61.9 Å². The lowest BCUT2D eigenvalue weighted by molar-refractivity contribution is -0.145. The van der Waals surface area contributed by atoms with Gasteiger partial charge < -0.3 is 15.0 Å². The maximum absolute atomic E-state index is 12.6. The summed E-state index contributed by atoms with van der Waals surface area (Å²) >= 11 is 0. The average Bonchev–Trinajstić information content (AvgIpc) is 2.95. The second-order valence-electron chi connectivity index (χ2n) is 8.14. The van der Waals surface area contributed by atoms with Crippen LogP contribution in [0.2, 0.25) is 0 Å². The van der Waals surface area contributed by atoms with Crippen molar-refractivity contribution in [2.45, 2.75) is 31.7 Å². The SMILES string of the molecule is O=C(O)[C@H](c1c[nH]c2ccccc12)N1CCN(CC(=O)N2CCCCCC2)CC1. The number of carboxylic acids is 1. The highest BCUT2D eigenvalue weighted by Crippen LogP contribution is 2.29. The average molecular weight is 399 g/mol. The van der Waals surface area contributed by atoms with Gasteiger partial charge in [-0.05, 0) is 18.9 Å². The molecule has 4 rings (SSSR count). The van der Waals surface area contributed by atoms with Crippen LogP contribution in [0.4, 0.5) is 0 Å². The van der Waals surface area contributed by atoms with E-state index < -0.39 is 12.0 Å². The highest BCUT2D eigenvalue weighted by atomic mass is 16.4. The number of rotatable bonds is 5. The maximum Gasteiger partial charge on any atom is 0.325 e. The van der Waals surface area contributed by atoms with E-state index in [1.54, 1.807) is 0 Å². The van der Waals surface area contributed by atoms with E-state index in [9.17, 15) is 14.7 Å². The number of hydrogen-bond acceptors (Lipinski definition) is 4. The summed E-state index contributed by atoms with van der Waals surface area (Å²) in [5.41, 5.74) is 1.76. The van der Waals surface area contributed by atoms with Crippen molar-refractivity contribution in [2.24, 2.45) is 0 Å². The monoisotopic (exact) mass is 398 g/mol. The number of aliphatic carboxylic acids is 1. The number of nitrogens with zero attached hydrogens (tertiary/aromatic N) is 3. The van der Waals surface area contributed by atoms with Crippen LogP contribution >= 0.6 is 0 Å². The number of carbonyl (C=O) groups is 2. The second-order valence-corrected chi connectivity index (χ2v) is 8.14. The summed E-state index contributed by atoms with van der Waals surface area (Å²) in [4.78, 5) is 34.1. The number of aromatic nitrogens is 1.